The van der Waals surface area contributed by atoms with Gasteiger partial charge >= 0.3 is 0 Å². The second kappa shape index (κ2) is 4.99. The fourth-order valence-corrected chi connectivity index (χ4v) is 2.14. The number of allylic oxidation sites excluding steroid dienone is 2. The maximum absolute atomic E-state index is 11.0. The first-order valence-corrected chi connectivity index (χ1v) is 5.74. The Morgan fingerprint density at radius 3 is 2.76 bits per heavy atom. The standard InChI is InChI=1S/C13H15NO3/c1-17-11-7-8-13(14(15)16)12(9-11)10-5-3-2-4-6-10/h5,7-9H,2-4,6H2,1H3. The molecule has 90 valence electrons. The van der Waals surface area contributed by atoms with Gasteiger partial charge in [-0.15, -0.1) is 0 Å². The van der Waals surface area contributed by atoms with Gasteiger partial charge < -0.3 is 4.74 Å². The van der Waals surface area contributed by atoms with E-state index in [2.05, 4.69) is 6.08 Å². The van der Waals surface area contributed by atoms with E-state index in [9.17, 15) is 10.1 Å². The van der Waals surface area contributed by atoms with E-state index >= 15 is 0 Å². The van der Waals surface area contributed by atoms with Gasteiger partial charge in [-0.3, -0.25) is 10.1 Å². The summed E-state index contributed by atoms with van der Waals surface area (Å²) in [6, 6.07) is 4.91. The van der Waals surface area contributed by atoms with Crippen LogP contribution in [0.5, 0.6) is 5.75 Å². The fourth-order valence-electron chi connectivity index (χ4n) is 2.14. The Morgan fingerprint density at radius 1 is 1.35 bits per heavy atom. The van der Waals surface area contributed by atoms with Crippen molar-refractivity contribution in [3.8, 4) is 5.75 Å². The Hall–Kier alpha value is -1.84. The quantitative estimate of drug-likeness (QED) is 0.592. The Labute approximate surface area is 100 Å². The number of hydrogen-bond donors (Lipinski definition) is 0. The van der Waals surface area contributed by atoms with Crippen molar-refractivity contribution in [2.24, 2.45) is 0 Å². The molecule has 1 aromatic carbocycles. The van der Waals surface area contributed by atoms with Gasteiger partial charge in [-0.1, -0.05) is 6.08 Å². The van der Waals surface area contributed by atoms with Gasteiger partial charge in [-0.2, -0.15) is 0 Å². The number of hydrogen-bond acceptors (Lipinski definition) is 3. The molecule has 1 aromatic rings. The molecule has 0 bridgehead atoms. The van der Waals surface area contributed by atoms with E-state index in [1.807, 2.05) is 0 Å². The smallest absolute Gasteiger partial charge is 0.277 e. The summed E-state index contributed by atoms with van der Waals surface area (Å²) in [6.45, 7) is 0. The summed E-state index contributed by atoms with van der Waals surface area (Å²) in [5, 5.41) is 11.0. The summed E-state index contributed by atoms with van der Waals surface area (Å²) in [4.78, 5) is 10.7. The first kappa shape index (κ1) is 11.6. The highest BCUT2D eigenvalue weighted by molar-refractivity contribution is 5.74. The van der Waals surface area contributed by atoms with Crippen LogP contribution in [-0.4, -0.2) is 12.0 Å². The number of rotatable bonds is 3. The maximum atomic E-state index is 11.0. The zero-order valence-corrected chi connectivity index (χ0v) is 9.81. The molecule has 0 unspecified atom stereocenters. The van der Waals surface area contributed by atoms with Crippen molar-refractivity contribution in [1.82, 2.24) is 0 Å². The molecule has 0 heterocycles. The highest BCUT2D eigenvalue weighted by Crippen LogP contribution is 2.34. The third kappa shape index (κ3) is 2.46. The first-order chi connectivity index (χ1) is 8.22. The molecule has 0 amide bonds. The average Bonchev–Trinajstić information content (AvgIpc) is 2.39. The summed E-state index contributed by atoms with van der Waals surface area (Å²) in [7, 11) is 1.57. The van der Waals surface area contributed by atoms with Gasteiger partial charge in [0, 0.05) is 6.07 Å². The van der Waals surface area contributed by atoms with Crippen molar-refractivity contribution in [3.63, 3.8) is 0 Å². The zero-order valence-electron chi connectivity index (χ0n) is 9.81. The minimum absolute atomic E-state index is 0.166. The molecule has 4 nitrogen and oxygen atoms in total. The summed E-state index contributed by atoms with van der Waals surface area (Å²) >= 11 is 0. The lowest BCUT2D eigenvalue weighted by Gasteiger charge is -2.13. The second-order valence-corrected chi connectivity index (χ2v) is 4.12. The van der Waals surface area contributed by atoms with E-state index in [0.29, 0.717) is 11.3 Å². The average molecular weight is 233 g/mol. The summed E-state index contributed by atoms with van der Waals surface area (Å²) in [6.07, 6.45) is 6.28. The molecule has 0 spiro atoms. The van der Waals surface area contributed by atoms with Gasteiger partial charge in [-0.25, -0.2) is 0 Å². The third-order valence-corrected chi connectivity index (χ3v) is 3.04. The molecule has 2 rings (SSSR count). The van der Waals surface area contributed by atoms with Gasteiger partial charge in [0.05, 0.1) is 17.6 Å². The second-order valence-electron chi connectivity index (χ2n) is 4.12. The molecule has 0 radical (unpaired) electrons. The number of methoxy groups -OCH3 is 1. The van der Waals surface area contributed by atoms with E-state index in [0.717, 1.165) is 24.8 Å². The molecule has 0 N–H and O–H groups in total. The Kier molecular flexibility index (Phi) is 3.42. The SMILES string of the molecule is COc1ccc([N+](=O)[O-])c(C2=CCCCC2)c1. The predicted molar refractivity (Wildman–Crippen MR) is 66.1 cm³/mol. The first-order valence-electron chi connectivity index (χ1n) is 5.74. The van der Waals surface area contributed by atoms with Gasteiger partial charge in [0.25, 0.3) is 5.69 Å². The Morgan fingerprint density at radius 2 is 2.18 bits per heavy atom. The largest absolute Gasteiger partial charge is 0.497 e. The summed E-state index contributed by atoms with van der Waals surface area (Å²) in [5.41, 5.74) is 1.94. The van der Waals surface area contributed by atoms with Crippen molar-refractivity contribution >= 4 is 11.3 Å². The van der Waals surface area contributed by atoms with Crippen molar-refractivity contribution in [2.75, 3.05) is 7.11 Å². The molecule has 4 heteroatoms. The van der Waals surface area contributed by atoms with Crippen LogP contribution in [0.3, 0.4) is 0 Å². The normalized spacial score (nSPS) is 15.2. The maximum Gasteiger partial charge on any atom is 0.277 e. The van der Waals surface area contributed by atoms with Crippen LogP contribution in [0.25, 0.3) is 5.57 Å². The minimum Gasteiger partial charge on any atom is -0.497 e. The Balaban J connectivity index is 2.47. The van der Waals surface area contributed by atoms with E-state index in [-0.39, 0.29) is 10.6 Å². The van der Waals surface area contributed by atoms with Gasteiger partial charge in [0.1, 0.15) is 5.75 Å². The van der Waals surface area contributed by atoms with Crippen LogP contribution in [0.4, 0.5) is 5.69 Å². The van der Waals surface area contributed by atoms with Crippen LogP contribution in [-0.2, 0) is 0 Å². The molecule has 0 atom stereocenters. The number of benzene rings is 1. The number of ether oxygens (including phenoxy) is 1. The number of nitrogens with zero attached hydrogens (tertiary/aromatic N) is 1. The molecule has 0 aromatic heterocycles. The van der Waals surface area contributed by atoms with Crippen molar-refractivity contribution in [2.45, 2.75) is 25.7 Å². The lowest BCUT2D eigenvalue weighted by molar-refractivity contribution is -0.385. The summed E-state index contributed by atoms with van der Waals surface area (Å²) in [5.74, 6) is 0.664. The fraction of sp³-hybridized carbons (Fsp3) is 0.385. The van der Waals surface area contributed by atoms with E-state index in [4.69, 9.17) is 4.74 Å². The molecule has 0 fully saturated rings. The molecule has 0 saturated carbocycles. The monoisotopic (exact) mass is 233 g/mol. The lowest BCUT2D eigenvalue weighted by atomic mass is 9.92. The van der Waals surface area contributed by atoms with Crippen molar-refractivity contribution < 1.29 is 9.66 Å². The molecule has 1 aliphatic rings. The Bertz CT molecular complexity index is 466. The van der Waals surface area contributed by atoms with Crippen LogP contribution in [0.1, 0.15) is 31.2 Å². The molecule has 0 saturated heterocycles. The third-order valence-electron chi connectivity index (χ3n) is 3.04. The van der Waals surface area contributed by atoms with Crippen LogP contribution in [0.2, 0.25) is 0 Å². The van der Waals surface area contributed by atoms with Crippen LogP contribution in [0.15, 0.2) is 24.3 Å². The molecule has 17 heavy (non-hydrogen) atoms. The van der Waals surface area contributed by atoms with Gasteiger partial charge in [0.15, 0.2) is 0 Å². The number of nitro benzene ring substituents is 1. The van der Waals surface area contributed by atoms with E-state index < -0.39 is 0 Å². The lowest BCUT2D eigenvalue weighted by Crippen LogP contribution is -1.98. The highest BCUT2D eigenvalue weighted by atomic mass is 16.6. The van der Waals surface area contributed by atoms with Crippen LogP contribution >= 0.6 is 0 Å². The molecular formula is C13H15NO3. The molecule has 1 aliphatic carbocycles. The van der Waals surface area contributed by atoms with Gasteiger partial charge in [0.2, 0.25) is 0 Å². The van der Waals surface area contributed by atoms with Crippen molar-refractivity contribution in [3.05, 3.63) is 40.0 Å². The molecule has 0 aliphatic heterocycles. The minimum atomic E-state index is -0.329. The topological polar surface area (TPSA) is 52.4 Å². The van der Waals surface area contributed by atoms with Crippen LogP contribution in [0, 0.1) is 10.1 Å². The molecular weight excluding hydrogens is 218 g/mol. The zero-order chi connectivity index (χ0) is 12.3. The van der Waals surface area contributed by atoms with E-state index in [1.54, 1.807) is 19.2 Å². The van der Waals surface area contributed by atoms with Gasteiger partial charge in [-0.05, 0) is 43.4 Å². The van der Waals surface area contributed by atoms with Crippen molar-refractivity contribution in [1.29, 1.82) is 0 Å². The van der Waals surface area contributed by atoms with E-state index in [1.165, 1.54) is 12.5 Å². The van der Waals surface area contributed by atoms with Crippen LogP contribution < -0.4 is 4.74 Å². The number of nitro groups is 1. The highest BCUT2D eigenvalue weighted by Gasteiger charge is 2.18. The predicted octanol–water partition coefficient (Wildman–Crippen LogP) is 3.56. The summed E-state index contributed by atoms with van der Waals surface area (Å²) < 4.78 is 5.13.